The molecule has 1 N–H and O–H groups in total. The van der Waals surface area contributed by atoms with E-state index < -0.39 is 12.3 Å². The summed E-state index contributed by atoms with van der Waals surface area (Å²) in [6.45, 7) is 0. The fourth-order valence-corrected chi connectivity index (χ4v) is 1.45. The fourth-order valence-electron chi connectivity index (χ4n) is 0.883. The molecule has 1 aromatic heterocycles. The lowest BCUT2D eigenvalue weighted by Gasteiger charge is -2.14. The maximum absolute atomic E-state index is 12.1. The molecule has 0 saturated carbocycles. The monoisotopic (exact) mass is 258 g/mol. The van der Waals surface area contributed by atoms with Crippen LogP contribution in [0.15, 0.2) is 10.7 Å². The summed E-state index contributed by atoms with van der Waals surface area (Å²) < 4.78 is 37.3. The van der Waals surface area contributed by atoms with Crippen LogP contribution in [0, 0.1) is 0 Å². The second-order valence-corrected chi connectivity index (χ2v) is 3.30. The number of alkyl halides is 3. The minimum Gasteiger partial charge on any atom is -0.378 e. The SMILES string of the molecule is Cn1ncc(Br)c1[C@H](O)C(F)(F)F. The maximum Gasteiger partial charge on any atom is 0.420 e. The molecule has 0 radical (unpaired) electrons. The first kappa shape index (κ1) is 10.5. The molecule has 0 unspecified atom stereocenters. The molecule has 0 aliphatic rings. The predicted octanol–water partition coefficient (Wildman–Crippen LogP) is 1.78. The summed E-state index contributed by atoms with van der Waals surface area (Å²) in [6, 6.07) is 0. The fraction of sp³-hybridized carbons (Fsp3) is 0.500. The van der Waals surface area contributed by atoms with E-state index in [0.29, 0.717) is 0 Å². The zero-order chi connectivity index (χ0) is 10.2. The second kappa shape index (κ2) is 3.30. The third-order valence-corrected chi connectivity index (χ3v) is 2.12. The number of aryl methyl sites for hydroxylation is 1. The molecule has 1 atom stereocenters. The molecule has 1 aromatic rings. The van der Waals surface area contributed by atoms with Crippen molar-refractivity contribution < 1.29 is 18.3 Å². The van der Waals surface area contributed by atoms with Crippen molar-refractivity contribution in [3.8, 4) is 0 Å². The van der Waals surface area contributed by atoms with Crippen molar-refractivity contribution in [3.63, 3.8) is 0 Å². The van der Waals surface area contributed by atoms with E-state index in [1.165, 1.54) is 13.2 Å². The summed E-state index contributed by atoms with van der Waals surface area (Å²) in [4.78, 5) is 0. The van der Waals surface area contributed by atoms with Gasteiger partial charge in [0, 0.05) is 7.05 Å². The van der Waals surface area contributed by atoms with Crippen LogP contribution in [0.1, 0.15) is 11.8 Å². The smallest absolute Gasteiger partial charge is 0.378 e. The first-order chi connectivity index (χ1) is 5.84. The Bertz CT molecular complexity index is 290. The number of hydrogen-bond acceptors (Lipinski definition) is 2. The molecule has 0 fully saturated rings. The van der Waals surface area contributed by atoms with Crippen LogP contribution in [-0.4, -0.2) is 21.1 Å². The Morgan fingerprint density at radius 1 is 1.62 bits per heavy atom. The van der Waals surface area contributed by atoms with Crippen LogP contribution in [0.3, 0.4) is 0 Å². The highest BCUT2D eigenvalue weighted by atomic mass is 79.9. The van der Waals surface area contributed by atoms with Crippen LogP contribution >= 0.6 is 15.9 Å². The number of aliphatic hydroxyl groups is 1. The Morgan fingerprint density at radius 2 is 2.15 bits per heavy atom. The van der Waals surface area contributed by atoms with E-state index >= 15 is 0 Å². The summed E-state index contributed by atoms with van der Waals surface area (Å²) in [7, 11) is 1.33. The summed E-state index contributed by atoms with van der Waals surface area (Å²) >= 11 is 2.87. The van der Waals surface area contributed by atoms with Gasteiger partial charge < -0.3 is 5.11 Å². The average molecular weight is 259 g/mol. The number of halogens is 4. The van der Waals surface area contributed by atoms with Gasteiger partial charge in [0.1, 0.15) is 0 Å². The zero-order valence-corrected chi connectivity index (χ0v) is 8.09. The van der Waals surface area contributed by atoms with Crippen LogP contribution in [0.5, 0.6) is 0 Å². The first-order valence-corrected chi connectivity index (χ1v) is 4.05. The minimum absolute atomic E-state index is 0.139. The van der Waals surface area contributed by atoms with Gasteiger partial charge in [-0.05, 0) is 15.9 Å². The van der Waals surface area contributed by atoms with E-state index in [1.54, 1.807) is 0 Å². The van der Waals surface area contributed by atoms with Crippen molar-refractivity contribution in [1.29, 1.82) is 0 Å². The topological polar surface area (TPSA) is 38.0 Å². The molecule has 1 heterocycles. The van der Waals surface area contributed by atoms with Gasteiger partial charge in [0.15, 0.2) is 6.10 Å². The molecular formula is C6H6BrF3N2O. The summed E-state index contributed by atoms with van der Waals surface area (Å²) in [5.41, 5.74) is -0.299. The van der Waals surface area contributed by atoms with Crippen molar-refractivity contribution in [2.45, 2.75) is 12.3 Å². The molecule has 0 aliphatic heterocycles. The Balaban J connectivity index is 3.08. The lowest BCUT2D eigenvalue weighted by atomic mass is 10.2. The van der Waals surface area contributed by atoms with Crippen LogP contribution in [0.2, 0.25) is 0 Å². The predicted molar refractivity (Wildman–Crippen MR) is 41.9 cm³/mol. The molecule has 3 nitrogen and oxygen atoms in total. The lowest BCUT2D eigenvalue weighted by molar-refractivity contribution is -0.209. The van der Waals surface area contributed by atoms with Gasteiger partial charge >= 0.3 is 6.18 Å². The van der Waals surface area contributed by atoms with Gasteiger partial charge in [0.05, 0.1) is 16.4 Å². The molecule has 0 aromatic carbocycles. The number of nitrogens with zero attached hydrogens (tertiary/aromatic N) is 2. The van der Waals surface area contributed by atoms with Crippen molar-refractivity contribution >= 4 is 15.9 Å². The van der Waals surface area contributed by atoms with Crippen molar-refractivity contribution in [2.75, 3.05) is 0 Å². The highest BCUT2D eigenvalue weighted by Gasteiger charge is 2.42. The van der Waals surface area contributed by atoms with Gasteiger partial charge in [-0.1, -0.05) is 0 Å². The van der Waals surface area contributed by atoms with Crippen LogP contribution < -0.4 is 0 Å². The quantitative estimate of drug-likeness (QED) is 0.834. The van der Waals surface area contributed by atoms with Crippen LogP contribution in [0.4, 0.5) is 13.2 Å². The molecule has 13 heavy (non-hydrogen) atoms. The largest absolute Gasteiger partial charge is 0.420 e. The molecule has 1 rings (SSSR count). The van der Waals surface area contributed by atoms with Gasteiger partial charge in [-0.15, -0.1) is 0 Å². The van der Waals surface area contributed by atoms with Gasteiger partial charge in [-0.25, -0.2) is 0 Å². The van der Waals surface area contributed by atoms with E-state index in [-0.39, 0.29) is 10.2 Å². The maximum atomic E-state index is 12.1. The third kappa shape index (κ3) is 2.02. The number of aliphatic hydroxyl groups excluding tert-OH is 1. The molecule has 0 bridgehead atoms. The van der Waals surface area contributed by atoms with E-state index in [1.807, 2.05) is 0 Å². The normalized spacial score (nSPS) is 14.6. The number of rotatable bonds is 1. The van der Waals surface area contributed by atoms with E-state index in [2.05, 4.69) is 21.0 Å². The third-order valence-electron chi connectivity index (χ3n) is 1.51. The molecule has 0 saturated heterocycles. The van der Waals surface area contributed by atoms with Crippen LogP contribution in [-0.2, 0) is 7.05 Å². The van der Waals surface area contributed by atoms with E-state index in [0.717, 1.165) is 4.68 Å². The molecule has 0 spiro atoms. The number of aromatic nitrogens is 2. The zero-order valence-electron chi connectivity index (χ0n) is 6.51. The molecule has 7 heteroatoms. The van der Waals surface area contributed by atoms with Gasteiger partial charge in [0.25, 0.3) is 0 Å². The summed E-state index contributed by atoms with van der Waals surface area (Å²) in [5, 5.41) is 12.5. The summed E-state index contributed by atoms with van der Waals surface area (Å²) in [6.07, 6.45) is -5.98. The Kier molecular flexibility index (Phi) is 2.67. The Morgan fingerprint density at radius 3 is 2.46 bits per heavy atom. The Labute approximate surface area is 80.3 Å². The second-order valence-electron chi connectivity index (χ2n) is 2.45. The molecular weight excluding hydrogens is 253 g/mol. The standard InChI is InChI=1S/C6H6BrF3N2O/c1-12-4(3(7)2-11-12)5(13)6(8,9)10/h2,5,13H,1H3/t5-/m0/s1. The van der Waals surface area contributed by atoms with Crippen molar-refractivity contribution in [3.05, 3.63) is 16.4 Å². The van der Waals surface area contributed by atoms with Crippen molar-refractivity contribution in [1.82, 2.24) is 9.78 Å². The van der Waals surface area contributed by atoms with Gasteiger partial charge in [0.2, 0.25) is 0 Å². The number of hydrogen-bond donors (Lipinski definition) is 1. The first-order valence-electron chi connectivity index (χ1n) is 3.26. The van der Waals surface area contributed by atoms with E-state index in [9.17, 15) is 13.2 Å². The average Bonchev–Trinajstić information content (AvgIpc) is 2.28. The summed E-state index contributed by atoms with van der Waals surface area (Å²) in [5.74, 6) is 0. The lowest BCUT2D eigenvalue weighted by Crippen LogP contribution is -2.23. The van der Waals surface area contributed by atoms with Crippen LogP contribution in [0.25, 0.3) is 0 Å². The molecule has 0 amide bonds. The highest BCUT2D eigenvalue weighted by molar-refractivity contribution is 9.10. The van der Waals surface area contributed by atoms with Gasteiger partial charge in [-0.3, -0.25) is 4.68 Å². The minimum atomic E-state index is -4.67. The van der Waals surface area contributed by atoms with E-state index in [4.69, 9.17) is 5.11 Å². The Hall–Kier alpha value is -0.560. The highest BCUT2D eigenvalue weighted by Crippen LogP contribution is 2.35. The van der Waals surface area contributed by atoms with Gasteiger partial charge in [-0.2, -0.15) is 18.3 Å². The molecule has 74 valence electrons. The van der Waals surface area contributed by atoms with Crippen molar-refractivity contribution in [2.24, 2.45) is 7.05 Å². The molecule has 0 aliphatic carbocycles.